The molecule has 1 aliphatic carbocycles. The van der Waals surface area contributed by atoms with Crippen molar-refractivity contribution in [1.82, 2.24) is 0 Å². The van der Waals surface area contributed by atoms with Crippen LogP contribution in [0.4, 0.5) is 11.4 Å². The van der Waals surface area contributed by atoms with Gasteiger partial charge in [0.15, 0.2) is 17.6 Å². The van der Waals surface area contributed by atoms with E-state index in [9.17, 15) is 14.4 Å². The minimum Gasteiger partial charge on any atom is -0.493 e. The average Bonchev–Trinajstić information content (AvgIpc) is 3.36. The van der Waals surface area contributed by atoms with Crippen LogP contribution in [0.5, 0.6) is 11.5 Å². The number of benzene rings is 2. The highest BCUT2D eigenvalue weighted by Crippen LogP contribution is 2.35. The predicted octanol–water partition coefficient (Wildman–Crippen LogP) is 4.63. The van der Waals surface area contributed by atoms with Gasteiger partial charge < -0.3 is 24.8 Å². The Morgan fingerprint density at radius 2 is 1.53 bits per heavy atom. The zero-order valence-electron chi connectivity index (χ0n) is 20.3. The molecule has 0 aliphatic heterocycles. The fourth-order valence-electron chi connectivity index (χ4n) is 4.09. The van der Waals surface area contributed by atoms with Gasteiger partial charge in [0.1, 0.15) is 0 Å². The lowest BCUT2D eigenvalue weighted by Gasteiger charge is -2.19. The van der Waals surface area contributed by atoms with Crippen LogP contribution < -0.4 is 20.1 Å². The molecule has 3 rings (SSSR count). The lowest BCUT2D eigenvalue weighted by atomic mass is 10.1. The smallest absolute Gasteiger partial charge is 0.341 e. The molecule has 8 nitrogen and oxygen atoms in total. The number of ether oxygens (including phenoxy) is 3. The van der Waals surface area contributed by atoms with E-state index in [1.165, 1.54) is 33.3 Å². The summed E-state index contributed by atoms with van der Waals surface area (Å²) >= 11 is 0. The van der Waals surface area contributed by atoms with Gasteiger partial charge in [-0.25, -0.2) is 4.79 Å². The molecule has 0 bridgehead atoms. The van der Waals surface area contributed by atoms with E-state index in [-0.39, 0.29) is 23.1 Å². The lowest BCUT2D eigenvalue weighted by molar-refractivity contribution is -0.124. The third-order valence-electron chi connectivity index (χ3n) is 6.11. The Balaban J connectivity index is 1.81. The Morgan fingerprint density at radius 3 is 2.12 bits per heavy atom. The molecule has 0 aromatic heterocycles. The summed E-state index contributed by atoms with van der Waals surface area (Å²) in [5, 5.41) is 5.67. The summed E-state index contributed by atoms with van der Waals surface area (Å²) in [5.74, 6) is -0.796. The average molecular weight is 469 g/mol. The lowest BCUT2D eigenvalue weighted by Crippen LogP contribution is -2.31. The van der Waals surface area contributed by atoms with Gasteiger partial charge >= 0.3 is 5.97 Å². The minimum absolute atomic E-state index is 0.0794. The van der Waals surface area contributed by atoms with Crippen molar-refractivity contribution in [1.29, 1.82) is 0 Å². The van der Waals surface area contributed by atoms with Crippen molar-refractivity contribution < 1.29 is 28.6 Å². The Bertz CT molecular complexity index is 1050. The summed E-state index contributed by atoms with van der Waals surface area (Å²) in [6, 6.07) is 8.66. The molecule has 2 N–H and O–H groups in total. The maximum atomic E-state index is 13.1. The number of carbonyl (C=O) groups is 3. The summed E-state index contributed by atoms with van der Waals surface area (Å²) in [6.07, 6.45) is 2.57. The van der Waals surface area contributed by atoms with E-state index in [1.54, 1.807) is 0 Å². The van der Waals surface area contributed by atoms with Crippen LogP contribution in [-0.4, -0.2) is 38.1 Å². The van der Waals surface area contributed by atoms with Crippen LogP contribution in [-0.2, 0) is 14.3 Å². The number of methoxy groups -OCH3 is 2. The topological polar surface area (TPSA) is 103 Å². The van der Waals surface area contributed by atoms with E-state index in [2.05, 4.69) is 10.6 Å². The fourth-order valence-corrected chi connectivity index (χ4v) is 4.09. The van der Waals surface area contributed by atoms with Gasteiger partial charge in [0.05, 0.1) is 25.5 Å². The number of amides is 2. The zero-order chi connectivity index (χ0) is 24.8. The molecule has 0 spiro atoms. The normalized spacial score (nSPS) is 14.3. The first-order chi connectivity index (χ1) is 16.2. The Hall–Kier alpha value is -3.55. The van der Waals surface area contributed by atoms with Crippen LogP contribution in [0.15, 0.2) is 30.3 Å². The monoisotopic (exact) mass is 468 g/mol. The van der Waals surface area contributed by atoms with Crippen molar-refractivity contribution >= 4 is 29.2 Å². The summed E-state index contributed by atoms with van der Waals surface area (Å²) < 4.78 is 16.1. The quantitative estimate of drug-likeness (QED) is 0.548. The number of esters is 1. The number of para-hydroxylation sites is 1. The van der Waals surface area contributed by atoms with Gasteiger partial charge in [-0.05, 0) is 44.7 Å². The number of hydrogen-bond donors (Lipinski definition) is 2. The first kappa shape index (κ1) is 25.1. The van der Waals surface area contributed by atoms with Crippen molar-refractivity contribution in [3.63, 3.8) is 0 Å². The second-order valence-corrected chi connectivity index (χ2v) is 8.53. The van der Waals surface area contributed by atoms with E-state index in [1.807, 2.05) is 32.0 Å². The molecule has 2 amide bonds. The standard InChI is InChI=1S/C26H32N2O6/c1-15-9-8-10-16(2)23(15)28-24(29)17(3)34-26(31)19-13-21(32-4)22(33-5)14-20(19)27-25(30)18-11-6-7-12-18/h8-10,13-14,17-18H,6-7,11-12H2,1-5H3,(H,27,30)(H,28,29)/t17-/m1/s1. The number of anilines is 2. The molecule has 1 atom stereocenters. The molecule has 0 unspecified atom stereocenters. The molecule has 0 heterocycles. The maximum absolute atomic E-state index is 13.1. The van der Waals surface area contributed by atoms with E-state index in [0.717, 1.165) is 36.8 Å². The Kier molecular flexibility index (Phi) is 8.15. The van der Waals surface area contributed by atoms with Crippen molar-refractivity contribution in [3.05, 3.63) is 47.0 Å². The number of hydrogen-bond acceptors (Lipinski definition) is 6. The maximum Gasteiger partial charge on any atom is 0.341 e. The van der Waals surface area contributed by atoms with Gasteiger partial charge in [-0.1, -0.05) is 31.0 Å². The van der Waals surface area contributed by atoms with Crippen molar-refractivity contribution in [2.24, 2.45) is 5.92 Å². The van der Waals surface area contributed by atoms with E-state index in [4.69, 9.17) is 14.2 Å². The van der Waals surface area contributed by atoms with Gasteiger partial charge in [0, 0.05) is 23.7 Å². The van der Waals surface area contributed by atoms with E-state index < -0.39 is 18.0 Å². The third-order valence-corrected chi connectivity index (χ3v) is 6.11. The highest BCUT2D eigenvalue weighted by molar-refractivity contribution is 6.04. The number of aryl methyl sites for hydroxylation is 2. The highest BCUT2D eigenvalue weighted by atomic mass is 16.5. The molecule has 1 aliphatic rings. The summed E-state index contributed by atoms with van der Waals surface area (Å²) in [7, 11) is 2.92. The SMILES string of the molecule is COc1cc(NC(=O)C2CCCC2)c(C(=O)O[C@H](C)C(=O)Nc2c(C)cccc2C)cc1OC. The Morgan fingerprint density at radius 1 is 0.941 bits per heavy atom. The molecule has 0 radical (unpaired) electrons. The van der Waals surface area contributed by atoms with Crippen molar-refractivity contribution in [2.75, 3.05) is 24.9 Å². The van der Waals surface area contributed by atoms with Crippen LogP contribution in [0.3, 0.4) is 0 Å². The van der Waals surface area contributed by atoms with E-state index in [0.29, 0.717) is 17.2 Å². The van der Waals surface area contributed by atoms with Crippen LogP contribution in [0.2, 0.25) is 0 Å². The second kappa shape index (κ2) is 11.0. The minimum atomic E-state index is -1.07. The van der Waals surface area contributed by atoms with Gasteiger partial charge in [0.2, 0.25) is 5.91 Å². The number of carbonyl (C=O) groups excluding carboxylic acids is 3. The van der Waals surface area contributed by atoms with Crippen LogP contribution in [0, 0.1) is 19.8 Å². The van der Waals surface area contributed by atoms with Gasteiger partial charge in [-0.15, -0.1) is 0 Å². The van der Waals surface area contributed by atoms with E-state index >= 15 is 0 Å². The predicted molar refractivity (Wildman–Crippen MR) is 130 cm³/mol. The van der Waals surface area contributed by atoms with Gasteiger partial charge in [-0.3, -0.25) is 9.59 Å². The van der Waals surface area contributed by atoms with Crippen LogP contribution >= 0.6 is 0 Å². The second-order valence-electron chi connectivity index (χ2n) is 8.53. The van der Waals surface area contributed by atoms with Gasteiger partial charge in [0.25, 0.3) is 5.91 Å². The molecule has 1 saturated carbocycles. The summed E-state index contributed by atoms with van der Waals surface area (Å²) in [5.41, 5.74) is 2.83. The molecular formula is C26H32N2O6. The van der Waals surface area contributed by atoms with Crippen molar-refractivity contribution in [3.8, 4) is 11.5 Å². The molecule has 34 heavy (non-hydrogen) atoms. The largest absolute Gasteiger partial charge is 0.493 e. The highest BCUT2D eigenvalue weighted by Gasteiger charge is 2.27. The summed E-state index contributed by atoms with van der Waals surface area (Å²) in [4.78, 5) is 38.6. The van der Waals surface area contributed by atoms with Crippen molar-refractivity contribution in [2.45, 2.75) is 52.6 Å². The molecular weight excluding hydrogens is 436 g/mol. The third kappa shape index (κ3) is 5.68. The van der Waals surface area contributed by atoms with Crippen LogP contribution in [0.25, 0.3) is 0 Å². The first-order valence-electron chi connectivity index (χ1n) is 11.4. The van der Waals surface area contributed by atoms with Gasteiger partial charge in [-0.2, -0.15) is 0 Å². The van der Waals surface area contributed by atoms with Crippen LogP contribution in [0.1, 0.15) is 54.1 Å². The molecule has 1 fully saturated rings. The molecule has 8 heteroatoms. The Labute approximate surface area is 200 Å². The molecule has 2 aromatic carbocycles. The first-order valence-corrected chi connectivity index (χ1v) is 11.4. The molecule has 2 aromatic rings. The summed E-state index contributed by atoms with van der Waals surface area (Å²) in [6.45, 7) is 5.28. The molecule has 182 valence electrons. The molecule has 0 saturated heterocycles. The fraction of sp³-hybridized carbons (Fsp3) is 0.423. The zero-order valence-corrected chi connectivity index (χ0v) is 20.3. The number of nitrogens with one attached hydrogen (secondary N) is 2. The number of rotatable bonds is 8.